The highest BCUT2D eigenvalue weighted by Gasteiger charge is 2.32. The molecule has 1 saturated carbocycles. The minimum atomic E-state index is -0.389. The Morgan fingerprint density at radius 3 is 2.38 bits per heavy atom. The van der Waals surface area contributed by atoms with Crippen molar-refractivity contribution in [1.82, 2.24) is 5.32 Å². The molecule has 0 spiro atoms. The van der Waals surface area contributed by atoms with Crippen molar-refractivity contribution in [1.29, 1.82) is 0 Å². The van der Waals surface area contributed by atoms with Crippen LogP contribution in [-0.2, 0) is 11.2 Å². The Labute approximate surface area is 161 Å². The maximum absolute atomic E-state index is 12.2. The van der Waals surface area contributed by atoms with Crippen LogP contribution in [0.3, 0.4) is 0 Å². The van der Waals surface area contributed by atoms with Gasteiger partial charge in [-0.2, -0.15) is 0 Å². The highest BCUT2D eigenvalue weighted by Crippen LogP contribution is 2.38. The topological polar surface area (TPSA) is 98.3 Å². The number of carbonyl (C=O) groups is 1. The number of hydrogen-bond donors (Lipinski definition) is 2. The van der Waals surface area contributed by atoms with Crippen molar-refractivity contribution in [3.05, 3.63) is 39.9 Å². The first kappa shape index (κ1) is 22.4. The second-order valence-corrected chi connectivity index (χ2v) is 7.17. The number of unbranched alkanes of at least 4 members (excludes halogenated alkanes) is 1. The number of halogens is 1. The van der Waals surface area contributed by atoms with Gasteiger partial charge in [0.05, 0.1) is 4.92 Å². The SMILES string of the molecule is Cl.NCC1(CC(=O)NCCCCc2ccc([N+](=O)[O-])cc2)CCCCC1. The second-order valence-electron chi connectivity index (χ2n) is 7.17. The minimum Gasteiger partial charge on any atom is -0.356 e. The molecule has 1 aromatic carbocycles. The molecule has 2 rings (SSSR count). The van der Waals surface area contributed by atoms with Gasteiger partial charge in [-0.15, -0.1) is 12.4 Å². The van der Waals surface area contributed by atoms with E-state index in [0.29, 0.717) is 19.5 Å². The number of rotatable bonds is 9. The molecule has 7 heteroatoms. The molecule has 26 heavy (non-hydrogen) atoms. The van der Waals surface area contributed by atoms with E-state index in [-0.39, 0.29) is 34.3 Å². The first-order valence-electron chi connectivity index (χ1n) is 9.25. The zero-order valence-electron chi connectivity index (χ0n) is 15.2. The molecule has 0 atom stereocenters. The van der Waals surface area contributed by atoms with E-state index in [2.05, 4.69) is 5.32 Å². The fourth-order valence-electron chi connectivity index (χ4n) is 3.62. The molecular formula is C19H30ClN3O3. The Kier molecular flexibility index (Phi) is 9.59. The number of nitrogens with one attached hydrogen (secondary N) is 1. The quantitative estimate of drug-likeness (QED) is 0.385. The van der Waals surface area contributed by atoms with Crippen molar-refractivity contribution in [2.75, 3.05) is 13.1 Å². The summed E-state index contributed by atoms with van der Waals surface area (Å²) in [7, 11) is 0. The monoisotopic (exact) mass is 383 g/mol. The molecule has 1 aliphatic rings. The normalized spacial score (nSPS) is 15.7. The van der Waals surface area contributed by atoms with E-state index in [0.717, 1.165) is 37.7 Å². The standard InChI is InChI=1S/C19H29N3O3.ClH/c20-15-19(11-3-1-4-12-19)14-18(23)21-13-5-2-6-16-7-9-17(10-8-16)22(24)25;/h7-10H,1-6,11-15,20H2,(H,21,23);1H. The molecule has 0 bridgehead atoms. The van der Waals surface area contributed by atoms with Crippen molar-refractivity contribution in [3.8, 4) is 0 Å². The summed E-state index contributed by atoms with van der Waals surface area (Å²) < 4.78 is 0. The molecule has 1 aromatic rings. The van der Waals surface area contributed by atoms with E-state index in [4.69, 9.17) is 5.73 Å². The Balaban J connectivity index is 0.00000338. The van der Waals surface area contributed by atoms with E-state index in [1.54, 1.807) is 12.1 Å². The summed E-state index contributed by atoms with van der Waals surface area (Å²) in [5.74, 6) is 0.114. The van der Waals surface area contributed by atoms with Crippen LogP contribution >= 0.6 is 12.4 Å². The third-order valence-electron chi connectivity index (χ3n) is 5.24. The number of non-ortho nitro benzene ring substituents is 1. The third kappa shape index (κ3) is 6.92. The molecule has 6 nitrogen and oxygen atoms in total. The Hall–Kier alpha value is -1.66. The molecule has 0 aromatic heterocycles. The number of carbonyl (C=O) groups excluding carboxylic acids is 1. The van der Waals surface area contributed by atoms with Gasteiger partial charge < -0.3 is 11.1 Å². The number of nitrogens with zero attached hydrogens (tertiary/aromatic N) is 1. The summed E-state index contributed by atoms with van der Waals surface area (Å²) in [6, 6.07) is 6.66. The van der Waals surface area contributed by atoms with Crippen LogP contribution in [-0.4, -0.2) is 23.9 Å². The van der Waals surface area contributed by atoms with E-state index >= 15 is 0 Å². The van der Waals surface area contributed by atoms with Crippen LogP contribution in [0, 0.1) is 15.5 Å². The predicted octanol–water partition coefficient (Wildman–Crippen LogP) is 3.75. The van der Waals surface area contributed by atoms with Crippen molar-refractivity contribution in [2.45, 2.75) is 57.8 Å². The molecular weight excluding hydrogens is 354 g/mol. The number of aryl methyl sites for hydroxylation is 1. The van der Waals surface area contributed by atoms with Crippen molar-refractivity contribution in [3.63, 3.8) is 0 Å². The van der Waals surface area contributed by atoms with Gasteiger partial charge in [-0.05, 0) is 49.6 Å². The van der Waals surface area contributed by atoms with Crippen molar-refractivity contribution in [2.24, 2.45) is 11.1 Å². The molecule has 1 amide bonds. The molecule has 1 aliphatic carbocycles. The summed E-state index contributed by atoms with van der Waals surface area (Å²) in [6.45, 7) is 1.27. The average Bonchev–Trinajstić information content (AvgIpc) is 2.62. The number of nitrogens with two attached hydrogens (primary N) is 1. The molecule has 146 valence electrons. The van der Waals surface area contributed by atoms with Gasteiger partial charge in [0, 0.05) is 25.1 Å². The van der Waals surface area contributed by atoms with E-state index < -0.39 is 0 Å². The lowest BCUT2D eigenvalue weighted by Gasteiger charge is -2.35. The summed E-state index contributed by atoms with van der Waals surface area (Å²) in [4.78, 5) is 22.4. The van der Waals surface area contributed by atoms with Gasteiger partial charge in [0.1, 0.15) is 0 Å². The molecule has 3 N–H and O–H groups in total. The maximum Gasteiger partial charge on any atom is 0.269 e. The van der Waals surface area contributed by atoms with Crippen LogP contribution in [0.15, 0.2) is 24.3 Å². The van der Waals surface area contributed by atoms with E-state index in [9.17, 15) is 14.9 Å². The van der Waals surface area contributed by atoms with Gasteiger partial charge in [-0.25, -0.2) is 0 Å². The van der Waals surface area contributed by atoms with Gasteiger partial charge in [0.2, 0.25) is 5.91 Å². The highest BCUT2D eigenvalue weighted by atomic mass is 35.5. The van der Waals surface area contributed by atoms with Gasteiger partial charge in [-0.1, -0.05) is 31.4 Å². The lowest BCUT2D eigenvalue weighted by molar-refractivity contribution is -0.384. The van der Waals surface area contributed by atoms with Crippen LogP contribution in [0.25, 0.3) is 0 Å². The van der Waals surface area contributed by atoms with Gasteiger partial charge in [0.15, 0.2) is 0 Å². The van der Waals surface area contributed by atoms with Crippen LogP contribution in [0.5, 0.6) is 0 Å². The molecule has 1 fully saturated rings. The Bertz CT molecular complexity index is 572. The van der Waals surface area contributed by atoms with Crippen LogP contribution in [0.2, 0.25) is 0 Å². The van der Waals surface area contributed by atoms with Crippen LogP contribution < -0.4 is 11.1 Å². The van der Waals surface area contributed by atoms with Crippen LogP contribution in [0.1, 0.15) is 56.9 Å². The minimum absolute atomic E-state index is 0. The first-order chi connectivity index (χ1) is 12.0. The number of nitro benzene ring substituents is 1. The predicted molar refractivity (Wildman–Crippen MR) is 105 cm³/mol. The molecule has 0 radical (unpaired) electrons. The molecule has 0 aliphatic heterocycles. The van der Waals surface area contributed by atoms with Crippen molar-refractivity contribution < 1.29 is 9.72 Å². The zero-order chi connectivity index (χ0) is 18.1. The fourth-order valence-corrected chi connectivity index (χ4v) is 3.62. The summed E-state index contributed by atoms with van der Waals surface area (Å²) >= 11 is 0. The maximum atomic E-state index is 12.2. The number of benzene rings is 1. The van der Waals surface area contributed by atoms with Gasteiger partial charge in [0.25, 0.3) is 5.69 Å². The molecule has 0 unspecified atom stereocenters. The third-order valence-corrected chi connectivity index (χ3v) is 5.24. The van der Waals surface area contributed by atoms with Crippen LogP contribution in [0.4, 0.5) is 5.69 Å². The summed E-state index contributed by atoms with van der Waals surface area (Å²) in [5.41, 5.74) is 7.15. The van der Waals surface area contributed by atoms with Gasteiger partial charge >= 0.3 is 0 Å². The Morgan fingerprint density at radius 2 is 1.81 bits per heavy atom. The fraction of sp³-hybridized carbons (Fsp3) is 0.632. The summed E-state index contributed by atoms with van der Waals surface area (Å²) in [6.07, 6.45) is 9.00. The van der Waals surface area contributed by atoms with E-state index in [1.807, 2.05) is 0 Å². The lowest BCUT2D eigenvalue weighted by Crippen LogP contribution is -2.38. The average molecular weight is 384 g/mol. The largest absolute Gasteiger partial charge is 0.356 e. The molecule has 0 saturated heterocycles. The number of nitro groups is 1. The first-order valence-corrected chi connectivity index (χ1v) is 9.25. The Morgan fingerprint density at radius 1 is 1.15 bits per heavy atom. The summed E-state index contributed by atoms with van der Waals surface area (Å²) in [5, 5.41) is 13.6. The zero-order valence-corrected chi connectivity index (χ0v) is 16.1. The number of hydrogen-bond acceptors (Lipinski definition) is 4. The molecule has 0 heterocycles. The smallest absolute Gasteiger partial charge is 0.269 e. The lowest BCUT2D eigenvalue weighted by atomic mass is 9.71. The highest BCUT2D eigenvalue weighted by molar-refractivity contribution is 5.85. The van der Waals surface area contributed by atoms with Crippen molar-refractivity contribution >= 4 is 24.0 Å². The number of amides is 1. The second kappa shape index (κ2) is 11.1. The van der Waals surface area contributed by atoms with Gasteiger partial charge in [-0.3, -0.25) is 14.9 Å². The van der Waals surface area contributed by atoms with E-state index in [1.165, 1.54) is 31.4 Å².